The zero-order chi connectivity index (χ0) is 11.7. The molecule has 2 heterocycles. The fourth-order valence-electron chi connectivity index (χ4n) is 1.20. The fourth-order valence-corrected chi connectivity index (χ4v) is 1.68. The molecule has 0 N–H and O–H groups in total. The quantitative estimate of drug-likeness (QED) is 0.461. The number of furan rings is 1. The topological polar surface area (TPSA) is 87.0 Å². The number of nitro groups is 1. The molecule has 7 nitrogen and oxygen atoms in total. The highest BCUT2D eigenvalue weighted by Gasteiger charge is 2.17. The number of aryl methyl sites for hydroxylation is 1. The summed E-state index contributed by atoms with van der Waals surface area (Å²) in [4.78, 5) is 14.0. The highest BCUT2D eigenvalue weighted by molar-refractivity contribution is 7.98. The lowest BCUT2D eigenvalue weighted by Gasteiger charge is -1.89. The Balaban J connectivity index is 2.38. The van der Waals surface area contributed by atoms with Crippen molar-refractivity contribution < 1.29 is 9.34 Å². The number of nitrogens with zero attached hydrogens (tertiary/aromatic N) is 4. The summed E-state index contributed by atoms with van der Waals surface area (Å²) in [7, 11) is 1.75. The Labute approximate surface area is 94.6 Å². The molecular formula is C8H8N4O3S. The molecule has 0 aliphatic heterocycles. The van der Waals surface area contributed by atoms with Crippen LogP contribution in [0.15, 0.2) is 21.7 Å². The lowest BCUT2D eigenvalue weighted by Crippen LogP contribution is -1.91. The minimum absolute atomic E-state index is 0.294. The Hall–Kier alpha value is -1.83. The Morgan fingerprint density at radius 1 is 1.56 bits per heavy atom. The molecule has 0 bridgehead atoms. The summed E-state index contributed by atoms with van der Waals surface area (Å²) >= 11 is 1.44. The van der Waals surface area contributed by atoms with Crippen LogP contribution < -0.4 is 0 Å². The van der Waals surface area contributed by atoms with Crippen LogP contribution in [0.4, 0.5) is 5.88 Å². The van der Waals surface area contributed by atoms with E-state index in [9.17, 15) is 10.1 Å². The molecule has 0 atom stereocenters. The van der Waals surface area contributed by atoms with Crippen molar-refractivity contribution in [2.24, 2.45) is 7.05 Å². The van der Waals surface area contributed by atoms with Crippen LogP contribution in [0.1, 0.15) is 0 Å². The molecule has 0 amide bonds. The van der Waals surface area contributed by atoms with Gasteiger partial charge in [-0.15, -0.1) is 5.10 Å². The van der Waals surface area contributed by atoms with Crippen molar-refractivity contribution in [1.29, 1.82) is 0 Å². The van der Waals surface area contributed by atoms with Crippen LogP contribution in [-0.2, 0) is 7.05 Å². The second kappa shape index (κ2) is 3.97. The summed E-state index contributed by atoms with van der Waals surface area (Å²) in [5.41, 5.74) is 0. The van der Waals surface area contributed by atoms with E-state index in [-0.39, 0.29) is 5.88 Å². The first kappa shape index (κ1) is 10.7. The third kappa shape index (κ3) is 1.78. The zero-order valence-corrected chi connectivity index (χ0v) is 9.39. The molecule has 0 saturated carbocycles. The molecule has 2 aromatic rings. The van der Waals surface area contributed by atoms with Crippen molar-refractivity contribution in [2.45, 2.75) is 5.16 Å². The van der Waals surface area contributed by atoms with E-state index in [2.05, 4.69) is 10.1 Å². The van der Waals surface area contributed by atoms with E-state index in [0.29, 0.717) is 16.7 Å². The van der Waals surface area contributed by atoms with Crippen LogP contribution in [-0.4, -0.2) is 25.9 Å². The van der Waals surface area contributed by atoms with Gasteiger partial charge in [-0.1, -0.05) is 11.8 Å². The predicted octanol–water partition coefficient (Wildman–Crippen LogP) is 1.71. The number of hydrogen-bond donors (Lipinski definition) is 0. The van der Waals surface area contributed by atoms with Crippen molar-refractivity contribution in [2.75, 3.05) is 6.26 Å². The lowest BCUT2D eigenvalue weighted by molar-refractivity contribution is -0.401. The monoisotopic (exact) mass is 240 g/mol. The molecular weight excluding hydrogens is 232 g/mol. The standard InChI is InChI=1S/C8H8N4O3S/c1-11-8(16-2)9-7(10-11)5-3-4-6(15-5)12(13)14/h3-4H,1-2H3. The van der Waals surface area contributed by atoms with E-state index >= 15 is 0 Å². The van der Waals surface area contributed by atoms with Gasteiger partial charge in [0.15, 0.2) is 10.9 Å². The van der Waals surface area contributed by atoms with E-state index < -0.39 is 4.92 Å². The Bertz CT molecular complexity index is 533. The van der Waals surface area contributed by atoms with Gasteiger partial charge in [0, 0.05) is 7.05 Å². The first-order valence-electron chi connectivity index (χ1n) is 4.31. The van der Waals surface area contributed by atoms with Gasteiger partial charge in [-0.3, -0.25) is 10.1 Å². The van der Waals surface area contributed by atoms with Crippen LogP contribution in [0.5, 0.6) is 0 Å². The highest BCUT2D eigenvalue weighted by Crippen LogP contribution is 2.24. The lowest BCUT2D eigenvalue weighted by atomic mass is 10.4. The molecule has 0 aliphatic carbocycles. The molecule has 0 radical (unpaired) electrons. The van der Waals surface area contributed by atoms with E-state index in [1.807, 2.05) is 6.26 Å². The molecule has 2 rings (SSSR count). The molecule has 0 spiro atoms. The summed E-state index contributed by atoms with van der Waals surface area (Å²) in [5.74, 6) is 0.329. The van der Waals surface area contributed by atoms with E-state index in [1.54, 1.807) is 11.7 Å². The Kier molecular flexibility index (Phi) is 2.65. The first-order valence-corrected chi connectivity index (χ1v) is 5.54. The summed E-state index contributed by atoms with van der Waals surface area (Å²) in [6.45, 7) is 0. The molecule has 84 valence electrons. The van der Waals surface area contributed by atoms with Crippen molar-refractivity contribution in [1.82, 2.24) is 14.8 Å². The number of thioether (sulfide) groups is 1. The largest absolute Gasteiger partial charge is 0.433 e. The predicted molar refractivity (Wildman–Crippen MR) is 57.1 cm³/mol. The van der Waals surface area contributed by atoms with E-state index in [1.165, 1.54) is 23.9 Å². The van der Waals surface area contributed by atoms with Crippen LogP contribution in [0.2, 0.25) is 0 Å². The Morgan fingerprint density at radius 2 is 2.31 bits per heavy atom. The van der Waals surface area contributed by atoms with Crippen molar-refractivity contribution in [3.8, 4) is 11.6 Å². The second-order valence-corrected chi connectivity index (χ2v) is 3.71. The third-order valence-corrected chi connectivity index (χ3v) is 2.62. The van der Waals surface area contributed by atoms with Gasteiger partial charge >= 0.3 is 5.88 Å². The minimum Gasteiger partial charge on any atom is -0.397 e. The SMILES string of the molecule is CSc1nc(-c2ccc([N+](=O)[O-])o2)nn1C. The third-order valence-electron chi connectivity index (χ3n) is 1.90. The number of rotatable bonds is 3. The van der Waals surface area contributed by atoms with Crippen LogP contribution in [0.3, 0.4) is 0 Å². The van der Waals surface area contributed by atoms with E-state index in [4.69, 9.17) is 4.42 Å². The molecule has 0 aromatic carbocycles. The van der Waals surface area contributed by atoms with Gasteiger partial charge < -0.3 is 4.42 Å². The second-order valence-electron chi connectivity index (χ2n) is 2.94. The van der Waals surface area contributed by atoms with Gasteiger partial charge in [-0.25, -0.2) is 4.68 Å². The summed E-state index contributed by atoms with van der Waals surface area (Å²) in [6, 6.07) is 2.77. The molecule has 2 aromatic heterocycles. The smallest absolute Gasteiger partial charge is 0.397 e. The van der Waals surface area contributed by atoms with Gasteiger partial charge in [0.25, 0.3) is 0 Å². The van der Waals surface area contributed by atoms with Crippen molar-refractivity contribution in [3.05, 3.63) is 22.2 Å². The van der Waals surface area contributed by atoms with Crippen LogP contribution in [0, 0.1) is 10.1 Å². The van der Waals surface area contributed by atoms with Gasteiger partial charge in [-0.2, -0.15) is 4.98 Å². The summed E-state index contributed by atoms with van der Waals surface area (Å²) in [6.07, 6.45) is 1.87. The van der Waals surface area contributed by atoms with Crippen LogP contribution >= 0.6 is 11.8 Å². The van der Waals surface area contributed by atoms with Gasteiger partial charge in [-0.05, 0) is 12.3 Å². The first-order chi connectivity index (χ1) is 7.61. The van der Waals surface area contributed by atoms with Crippen LogP contribution in [0.25, 0.3) is 11.6 Å². The maximum absolute atomic E-state index is 10.4. The average molecular weight is 240 g/mol. The van der Waals surface area contributed by atoms with Gasteiger partial charge in [0.05, 0.1) is 6.07 Å². The van der Waals surface area contributed by atoms with E-state index in [0.717, 1.165) is 0 Å². The molecule has 0 saturated heterocycles. The molecule has 0 unspecified atom stereocenters. The zero-order valence-electron chi connectivity index (χ0n) is 8.58. The van der Waals surface area contributed by atoms with Gasteiger partial charge in [0.2, 0.25) is 5.82 Å². The molecule has 0 aliphatic rings. The van der Waals surface area contributed by atoms with Crippen molar-refractivity contribution >= 4 is 17.6 Å². The summed E-state index contributed by atoms with van der Waals surface area (Å²) < 4.78 is 6.59. The molecule has 16 heavy (non-hydrogen) atoms. The Morgan fingerprint density at radius 3 is 2.81 bits per heavy atom. The number of aromatic nitrogens is 3. The molecule has 0 fully saturated rings. The fraction of sp³-hybridized carbons (Fsp3) is 0.250. The molecule has 8 heteroatoms. The maximum Gasteiger partial charge on any atom is 0.433 e. The average Bonchev–Trinajstić information content (AvgIpc) is 2.83. The normalized spacial score (nSPS) is 10.6. The minimum atomic E-state index is -0.595. The number of hydrogen-bond acceptors (Lipinski definition) is 6. The maximum atomic E-state index is 10.4. The summed E-state index contributed by atoms with van der Waals surface area (Å²) in [5, 5.41) is 15.2. The van der Waals surface area contributed by atoms with Gasteiger partial charge in [0.1, 0.15) is 4.92 Å². The highest BCUT2D eigenvalue weighted by atomic mass is 32.2. The van der Waals surface area contributed by atoms with Crippen molar-refractivity contribution in [3.63, 3.8) is 0 Å².